The number of nitrogens with one attached hydrogen (secondary N) is 1. The number of aromatic nitrogens is 2. The van der Waals surface area contributed by atoms with Crippen LogP contribution in [0.2, 0.25) is 0 Å². The average molecular weight is 313 g/mol. The molecule has 1 aliphatic carbocycles. The zero-order valence-electron chi connectivity index (χ0n) is 12.7. The van der Waals surface area contributed by atoms with Crippen molar-refractivity contribution in [1.82, 2.24) is 15.1 Å². The van der Waals surface area contributed by atoms with Gasteiger partial charge in [0.05, 0.1) is 24.1 Å². The summed E-state index contributed by atoms with van der Waals surface area (Å²) >= 11 is 0. The number of nitrogens with zero attached hydrogens (tertiary/aromatic N) is 2. The molecule has 120 valence electrons. The lowest BCUT2D eigenvalue weighted by Gasteiger charge is -2.16. The quantitative estimate of drug-likeness (QED) is 0.899. The average Bonchev–Trinajstić information content (AvgIpc) is 3.10. The summed E-state index contributed by atoms with van der Waals surface area (Å²) in [6.45, 7) is 0.939. The van der Waals surface area contributed by atoms with Gasteiger partial charge in [-0.1, -0.05) is 12.1 Å². The Morgan fingerprint density at radius 2 is 2.13 bits per heavy atom. The summed E-state index contributed by atoms with van der Waals surface area (Å²) < 4.78 is 0. The van der Waals surface area contributed by atoms with Gasteiger partial charge in [-0.05, 0) is 36.3 Å². The van der Waals surface area contributed by atoms with Crippen LogP contribution in [0.15, 0.2) is 24.4 Å². The van der Waals surface area contributed by atoms with E-state index < -0.39 is 11.9 Å². The normalized spacial score (nSPS) is 24.3. The number of hydrogen-bond acceptors (Lipinski definition) is 3. The van der Waals surface area contributed by atoms with Crippen LogP contribution in [-0.4, -0.2) is 45.2 Å². The number of H-pyrrole nitrogens is 1. The first-order chi connectivity index (χ1) is 11.1. The van der Waals surface area contributed by atoms with Crippen LogP contribution in [-0.2, 0) is 16.0 Å². The lowest BCUT2D eigenvalue weighted by molar-refractivity contribution is -0.142. The van der Waals surface area contributed by atoms with Crippen molar-refractivity contribution in [2.75, 3.05) is 13.1 Å². The molecule has 2 aromatic rings. The van der Waals surface area contributed by atoms with Crippen LogP contribution in [0.4, 0.5) is 0 Å². The summed E-state index contributed by atoms with van der Waals surface area (Å²) in [5, 5.41) is 17.3. The highest BCUT2D eigenvalue weighted by molar-refractivity contribution is 5.83. The zero-order valence-corrected chi connectivity index (χ0v) is 12.7. The van der Waals surface area contributed by atoms with Crippen molar-refractivity contribution in [3.05, 3.63) is 30.0 Å². The molecule has 0 unspecified atom stereocenters. The van der Waals surface area contributed by atoms with Crippen LogP contribution in [0, 0.1) is 17.8 Å². The lowest BCUT2D eigenvalue weighted by Crippen LogP contribution is -2.31. The SMILES string of the molecule is O=C(O)[C@@H]1CN(C(=O)Cc2ccc3cn[nH]c3c2)C[C@H]1C1CC1. The predicted octanol–water partition coefficient (Wildman–Crippen LogP) is 1.67. The maximum Gasteiger partial charge on any atom is 0.308 e. The van der Waals surface area contributed by atoms with E-state index in [-0.39, 0.29) is 11.8 Å². The topological polar surface area (TPSA) is 86.3 Å². The molecule has 1 saturated heterocycles. The number of carbonyl (C=O) groups excluding carboxylic acids is 1. The third kappa shape index (κ3) is 2.69. The minimum atomic E-state index is -0.768. The Balaban J connectivity index is 1.47. The first kappa shape index (κ1) is 14.2. The molecule has 1 aromatic heterocycles. The smallest absolute Gasteiger partial charge is 0.308 e. The number of fused-ring (bicyclic) bond motifs is 1. The molecular weight excluding hydrogens is 294 g/mol. The summed E-state index contributed by atoms with van der Waals surface area (Å²) in [6, 6.07) is 5.81. The molecule has 0 spiro atoms. The van der Waals surface area contributed by atoms with Gasteiger partial charge < -0.3 is 10.0 Å². The largest absolute Gasteiger partial charge is 0.481 e. The molecule has 0 radical (unpaired) electrons. The van der Waals surface area contributed by atoms with Gasteiger partial charge >= 0.3 is 5.97 Å². The molecule has 2 N–H and O–H groups in total. The van der Waals surface area contributed by atoms with Gasteiger partial charge in [0.1, 0.15) is 0 Å². The third-order valence-corrected chi connectivity index (χ3v) is 5.12. The summed E-state index contributed by atoms with van der Waals surface area (Å²) in [7, 11) is 0. The molecule has 1 aliphatic heterocycles. The Labute approximate surface area is 133 Å². The molecule has 1 saturated carbocycles. The van der Waals surface area contributed by atoms with Crippen molar-refractivity contribution in [2.45, 2.75) is 19.3 Å². The van der Waals surface area contributed by atoms with Crippen LogP contribution in [0.1, 0.15) is 18.4 Å². The third-order valence-electron chi connectivity index (χ3n) is 5.12. The van der Waals surface area contributed by atoms with Crippen molar-refractivity contribution in [3.63, 3.8) is 0 Å². The van der Waals surface area contributed by atoms with E-state index in [4.69, 9.17) is 0 Å². The van der Waals surface area contributed by atoms with Crippen LogP contribution in [0.25, 0.3) is 10.9 Å². The van der Waals surface area contributed by atoms with Crippen LogP contribution in [0.5, 0.6) is 0 Å². The van der Waals surface area contributed by atoms with Gasteiger partial charge in [-0.25, -0.2) is 0 Å². The van der Waals surface area contributed by atoms with Gasteiger partial charge in [0.15, 0.2) is 0 Å². The van der Waals surface area contributed by atoms with Gasteiger partial charge in [-0.2, -0.15) is 5.10 Å². The Morgan fingerprint density at radius 1 is 1.30 bits per heavy atom. The molecule has 0 bridgehead atoms. The monoisotopic (exact) mass is 313 g/mol. The van der Waals surface area contributed by atoms with E-state index in [0.29, 0.717) is 25.4 Å². The van der Waals surface area contributed by atoms with Gasteiger partial charge in [-0.15, -0.1) is 0 Å². The molecular formula is C17H19N3O3. The van der Waals surface area contributed by atoms with Gasteiger partial charge in [0.25, 0.3) is 0 Å². The molecule has 2 heterocycles. The van der Waals surface area contributed by atoms with E-state index in [2.05, 4.69) is 10.2 Å². The Morgan fingerprint density at radius 3 is 2.87 bits per heavy atom. The number of aliphatic carboxylic acids is 1. The minimum absolute atomic E-state index is 0.0123. The molecule has 2 aliphatic rings. The molecule has 1 aromatic carbocycles. The fourth-order valence-electron chi connectivity index (χ4n) is 3.68. The Hall–Kier alpha value is -2.37. The number of amides is 1. The molecule has 6 heteroatoms. The first-order valence-electron chi connectivity index (χ1n) is 8.04. The van der Waals surface area contributed by atoms with E-state index in [1.54, 1.807) is 11.1 Å². The summed E-state index contributed by atoms with van der Waals surface area (Å²) in [5.74, 6) is -0.530. The highest BCUT2D eigenvalue weighted by atomic mass is 16.4. The maximum atomic E-state index is 12.6. The van der Waals surface area contributed by atoms with Crippen LogP contribution in [0.3, 0.4) is 0 Å². The standard InChI is InChI=1S/C17H19N3O3/c21-16(6-10-1-2-12-7-18-19-15(12)5-10)20-8-13(11-3-4-11)14(9-20)17(22)23/h1-2,5,7,11,13-14H,3-4,6,8-9H2,(H,18,19)(H,22,23)/t13-,14+/m0/s1. The fourth-order valence-corrected chi connectivity index (χ4v) is 3.68. The molecule has 6 nitrogen and oxygen atoms in total. The molecule has 2 atom stereocenters. The second-order valence-electron chi connectivity index (χ2n) is 6.71. The van der Waals surface area contributed by atoms with Crippen LogP contribution >= 0.6 is 0 Å². The maximum absolute atomic E-state index is 12.6. The lowest BCUT2D eigenvalue weighted by atomic mass is 9.92. The van der Waals surface area contributed by atoms with E-state index in [1.807, 2.05) is 18.2 Å². The fraction of sp³-hybridized carbons (Fsp3) is 0.471. The van der Waals surface area contributed by atoms with Crippen molar-refractivity contribution >= 4 is 22.8 Å². The van der Waals surface area contributed by atoms with Crippen LogP contribution < -0.4 is 0 Å². The molecule has 2 fully saturated rings. The van der Waals surface area contributed by atoms with Crippen molar-refractivity contribution in [2.24, 2.45) is 17.8 Å². The number of hydrogen-bond donors (Lipinski definition) is 2. The van der Waals surface area contributed by atoms with E-state index in [9.17, 15) is 14.7 Å². The van der Waals surface area contributed by atoms with E-state index >= 15 is 0 Å². The number of carboxylic acids is 1. The van der Waals surface area contributed by atoms with Gasteiger partial charge in [-0.3, -0.25) is 14.7 Å². The molecule has 1 amide bonds. The van der Waals surface area contributed by atoms with E-state index in [1.165, 1.54) is 0 Å². The first-order valence-corrected chi connectivity index (χ1v) is 8.04. The highest BCUT2D eigenvalue weighted by Crippen LogP contribution is 2.44. The van der Waals surface area contributed by atoms with E-state index in [0.717, 1.165) is 29.3 Å². The Bertz CT molecular complexity index is 765. The molecule has 4 rings (SSSR count). The van der Waals surface area contributed by atoms with Gasteiger partial charge in [0.2, 0.25) is 5.91 Å². The second-order valence-corrected chi connectivity index (χ2v) is 6.71. The Kier molecular flexibility index (Phi) is 3.32. The number of carbonyl (C=O) groups is 2. The van der Waals surface area contributed by atoms with Crippen molar-refractivity contribution < 1.29 is 14.7 Å². The highest BCUT2D eigenvalue weighted by Gasteiger charge is 2.46. The number of benzene rings is 1. The van der Waals surface area contributed by atoms with Crippen molar-refractivity contribution in [3.8, 4) is 0 Å². The summed E-state index contributed by atoms with van der Waals surface area (Å²) in [5.41, 5.74) is 1.84. The summed E-state index contributed by atoms with van der Waals surface area (Å²) in [4.78, 5) is 25.7. The number of likely N-dealkylation sites (tertiary alicyclic amines) is 1. The predicted molar refractivity (Wildman–Crippen MR) is 83.7 cm³/mol. The zero-order chi connectivity index (χ0) is 16.0. The summed E-state index contributed by atoms with van der Waals surface area (Å²) in [6.07, 6.45) is 4.26. The minimum Gasteiger partial charge on any atom is -0.481 e. The number of rotatable bonds is 4. The number of aromatic amines is 1. The van der Waals surface area contributed by atoms with Crippen molar-refractivity contribution in [1.29, 1.82) is 0 Å². The molecule has 23 heavy (non-hydrogen) atoms. The number of carboxylic acid groups (broad SMARTS) is 1. The second kappa shape index (κ2) is 5.37. The van der Waals surface area contributed by atoms with Gasteiger partial charge in [0, 0.05) is 18.5 Å².